The van der Waals surface area contributed by atoms with E-state index in [1.807, 2.05) is 38.1 Å². The molecule has 0 aromatic heterocycles. The molecule has 0 atom stereocenters. The van der Waals surface area contributed by atoms with Crippen molar-refractivity contribution in [1.29, 1.82) is 0 Å². The minimum Gasteiger partial charge on any atom is -0.497 e. The number of nitro benzene ring substituents is 1. The van der Waals surface area contributed by atoms with E-state index in [0.29, 0.717) is 0 Å². The lowest BCUT2D eigenvalue weighted by atomic mass is 9.84. The average Bonchev–Trinajstić information content (AvgIpc) is 2.65. The fourth-order valence-corrected chi connectivity index (χ4v) is 2.52. The number of non-ortho nitro benzene ring substituents is 1. The smallest absolute Gasteiger partial charge is 0.335 e. The first kappa shape index (κ1) is 19.9. The van der Waals surface area contributed by atoms with Gasteiger partial charge in [-0.25, -0.2) is 4.79 Å². The number of rotatable bonds is 7. The molecule has 2 aromatic carbocycles. The molecule has 8 nitrogen and oxygen atoms in total. The fraction of sp³-hybridized carbons (Fsp3) is 0.263. The van der Waals surface area contributed by atoms with Gasteiger partial charge in [0, 0.05) is 29.7 Å². The Hall–Kier alpha value is -3.42. The van der Waals surface area contributed by atoms with Crippen LogP contribution in [0.5, 0.6) is 5.75 Å². The summed E-state index contributed by atoms with van der Waals surface area (Å²) in [6.45, 7) is 4.12. The van der Waals surface area contributed by atoms with Crippen molar-refractivity contribution in [3.63, 3.8) is 0 Å². The number of nitro groups is 1. The van der Waals surface area contributed by atoms with Crippen molar-refractivity contribution >= 4 is 17.6 Å². The number of methoxy groups -OCH3 is 1. The van der Waals surface area contributed by atoms with Gasteiger partial charge in [0.15, 0.2) is 0 Å². The van der Waals surface area contributed by atoms with Crippen LogP contribution in [0.3, 0.4) is 0 Å². The number of ether oxygens (including phenoxy) is 1. The number of aromatic carboxylic acids is 1. The second kappa shape index (κ2) is 7.86. The maximum Gasteiger partial charge on any atom is 0.335 e. The number of nitrogens with one attached hydrogen (secondary N) is 1. The minimum absolute atomic E-state index is 0.0767. The number of carbonyl (C=O) groups excluding carboxylic acids is 1. The molecule has 2 aromatic rings. The highest BCUT2D eigenvalue weighted by atomic mass is 16.6. The topological polar surface area (TPSA) is 119 Å². The largest absolute Gasteiger partial charge is 0.497 e. The van der Waals surface area contributed by atoms with E-state index in [2.05, 4.69) is 5.32 Å². The molecule has 0 aliphatic rings. The zero-order valence-corrected chi connectivity index (χ0v) is 15.2. The van der Waals surface area contributed by atoms with Gasteiger partial charge >= 0.3 is 5.97 Å². The van der Waals surface area contributed by atoms with Crippen LogP contribution in [0.1, 0.15) is 40.1 Å². The van der Waals surface area contributed by atoms with Crippen LogP contribution in [-0.4, -0.2) is 35.6 Å². The van der Waals surface area contributed by atoms with E-state index in [1.54, 1.807) is 7.11 Å². The van der Waals surface area contributed by atoms with Gasteiger partial charge in [-0.15, -0.1) is 0 Å². The molecule has 8 heteroatoms. The predicted octanol–water partition coefficient (Wildman–Crippen LogP) is 3.01. The molecule has 2 rings (SSSR count). The molecule has 0 aliphatic carbocycles. The molecule has 0 saturated heterocycles. The predicted molar refractivity (Wildman–Crippen MR) is 98.4 cm³/mol. The normalized spacial score (nSPS) is 10.9. The van der Waals surface area contributed by atoms with E-state index in [0.717, 1.165) is 29.5 Å². The Kier molecular flexibility index (Phi) is 5.79. The summed E-state index contributed by atoms with van der Waals surface area (Å²) in [7, 11) is 1.57. The highest BCUT2D eigenvalue weighted by Crippen LogP contribution is 2.25. The van der Waals surface area contributed by atoms with Crippen LogP contribution in [0.4, 0.5) is 5.69 Å². The maximum absolute atomic E-state index is 12.4. The summed E-state index contributed by atoms with van der Waals surface area (Å²) in [5.41, 5.74) is -0.294. The van der Waals surface area contributed by atoms with Crippen molar-refractivity contribution in [2.24, 2.45) is 0 Å². The average molecular weight is 372 g/mol. The number of hydrogen-bond donors (Lipinski definition) is 2. The molecule has 27 heavy (non-hydrogen) atoms. The second-order valence-electron chi connectivity index (χ2n) is 6.63. The summed E-state index contributed by atoms with van der Waals surface area (Å²) in [6, 6.07) is 10.5. The highest BCUT2D eigenvalue weighted by molar-refractivity contribution is 5.98. The number of nitrogens with zero attached hydrogens (tertiary/aromatic N) is 1. The number of amides is 1. The van der Waals surface area contributed by atoms with Gasteiger partial charge in [-0.2, -0.15) is 0 Å². The molecule has 0 bridgehead atoms. The summed E-state index contributed by atoms with van der Waals surface area (Å²) < 4.78 is 5.13. The van der Waals surface area contributed by atoms with E-state index < -0.39 is 27.9 Å². The van der Waals surface area contributed by atoms with Crippen LogP contribution >= 0.6 is 0 Å². The molecule has 0 spiro atoms. The van der Waals surface area contributed by atoms with Crippen molar-refractivity contribution in [1.82, 2.24) is 5.32 Å². The summed E-state index contributed by atoms with van der Waals surface area (Å²) in [6.07, 6.45) is 0. The van der Waals surface area contributed by atoms with Gasteiger partial charge in [0.1, 0.15) is 5.75 Å². The van der Waals surface area contributed by atoms with Crippen LogP contribution < -0.4 is 10.1 Å². The lowest BCUT2D eigenvalue weighted by Gasteiger charge is -2.26. The fourth-order valence-electron chi connectivity index (χ4n) is 2.52. The van der Waals surface area contributed by atoms with Crippen LogP contribution in [-0.2, 0) is 5.41 Å². The molecule has 2 N–H and O–H groups in total. The Bertz CT molecular complexity index is 842. The Balaban J connectivity index is 2.18. The van der Waals surface area contributed by atoms with E-state index in [9.17, 15) is 19.7 Å². The Morgan fingerprint density at radius 1 is 1.15 bits per heavy atom. The Morgan fingerprint density at radius 2 is 1.74 bits per heavy atom. The standard InChI is InChI=1S/C19H20N2O6/c1-19(2,14-4-6-16(27-3)7-5-14)11-20-17(22)12-8-13(18(23)24)10-15(9-12)21(25)26/h4-10H,11H2,1-3H3,(H,20,22)(H,23,24). The van der Waals surface area contributed by atoms with E-state index in [-0.39, 0.29) is 17.7 Å². The van der Waals surface area contributed by atoms with Gasteiger partial charge in [0.25, 0.3) is 11.6 Å². The first-order chi connectivity index (χ1) is 12.6. The monoisotopic (exact) mass is 372 g/mol. The van der Waals surface area contributed by atoms with E-state index in [4.69, 9.17) is 9.84 Å². The lowest BCUT2D eigenvalue weighted by molar-refractivity contribution is -0.384. The number of carboxylic acids is 1. The molecular formula is C19H20N2O6. The third kappa shape index (κ3) is 4.81. The molecule has 0 aliphatic heterocycles. The summed E-state index contributed by atoms with van der Waals surface area (Å²) in [4.78, 5) is 33.8. The first-order valence-corrected chi connectivity index (χ1v) is 8.09. The summed E-state index contributed by atoms with van der Waals surface area (Å²) in [5.74, 6) is -1.20. The molecule has 0 radical (unpaired) electrons. The SMILES string of the molecule is COc1ccc(C(C)(C)CNC(=O)c2cc(C(=O)O)cc([N+](=O)[O-])c2)cc1. The number of hydrogen-bond acceptors (Lipinski definition) is 5. The lowest BCUT2D eigenvalue weighted by Crippen LogP contribution is -2.36. The van der Waals surface area contributed by atoms with Crippen LogP contribution in [0.2, 0.25) is 0 Å². The van der Waals surface area contributed by atoms with Crippen molar-refractivity contribution in [2.75, 3.05) is 13.7 Å². The van der Waals surface area contributed by atoms with Gasteiger partial charge in [0.2, 0.25) is 0 Å². The zero-order valence-electron chi connectivity index (χ0n) is 15.2. The van der Waals surface area contributed by atoms with Gasteiger partial charge in [-0.05, 0) is 23.8 Å². The van der Waals surface area contributed by atoms with Crippen molar-refractivity contribution in [3.05, 3.63) is 69.3 Å². The maximum atomic E-state index is 12.4. The number of carbonyl (C=O) groups is 2. The van der Waals surface area contributed by atoms with Gasteiger partial charge in [-0.1, -0.05) is 26.0 Å². The summed E-state index contributed by atoms with van der Waals surface area (Å²) >= 11 is 0. The molecular weight excluding hydrogens is 352 g/mol. The molecule has 0 saturated carbocycles. The Morgan fingerprint density at radius 3 is 2.26 bits per heavy atom. The minimum atomic E-state index is -1.34. The quantitative estimate of drug-likeness (QED) is 0.570. The van der Waals surface area contributed by atoms with Crippen LogP contribution in [0.15, 0.2) is 42.5 Å². The Labute approximate surface area is 155 Å². The molecule has 0 unspecified atom stereocenters. The van der Waals surface area contributed by atoms with Gasteiger partial charge in [0.05, 0.1) is 17.6 Å². The zero-order chi connectivity index (χ0) is 20.2. The first-order valence-electron chi connectivity index (χ1n) is 8.09. The van der Waals surface area contributed by atoms with E-state index in [1.165, 1.54) is 0 Å². The highest BCUT2D eigenvalue weighted by Gasteiger charge is 2.23. The van der Waals surface area contributed by atoms with Gasteiger partial charge in [-0.3, -0.25) is 14.9 Å². The van der Waals surface area contributed by atoms with Gasteiger partial charge < -0.3 is 15.2 Å². The second-order valence-corrected chi connectivity index (χ2v) is 6.63. The number of carboxylic acid groups (broad SMARTS) is 1. The molecule has 0 fully saturated rings. The molecule has 142 valence electrons. The van der Waals surface area contributed by atoms with Crippen molar-refractivity contribution in [2.45, 2.75) is 19.3 Å². The van der Waals surface area contributed by atoms with Crippen molar-refractivity contribution in [3.8, 4) is 5.75 Å². The summed E-state index contributed by atoms with van der Waals surface area (Å²) in [5, 5.41) is 22.8. The molecule has 0 heterocycles. The molecule has 1 amide bonds. The van der Waals surface area contributed by atoms with Crippen LogP contribution in [0, 0.1) is 10.1 Å². The van der Waals surface area contributed by atoms with Crippen LogP contribution in [0.25, 0.3) is 0 Å². The third-order valence-electron chi connectivity index (χ3n) is 4.20. The van der Waals surface area contributed by atoms with E-state index >= 15 is 0 Å². The third-order valence-corrected chi connectivity index (χ3v) is 4.20. The number of benzene rings is 2. The van der Waals surface area contributed by atoms with Crippen molar-refractivity contribution < 1.29 is 24.4 Å².